The van der Waals surface area contributed by atoms with Crippen LogP contribution in [0.15, 0.2) is 47.6 Å². The van der Waals surface area contributed by atoms with Gasteiger partial charge in [-0.25, -0.2) is 0 Å². The Morgan fingerprint density at radius 3 is 2.88 bits per heavy atom. The molecule has 4 rings (SSSR count). The smallest absolute Gasteiger partial charge is 0.191 e. The maximum Gasteiger partial charge on any atom is 0.191 e. The van der Waals surface area contributed by atoms with Crippen LogP contribution < -0.4 is 4.74 Å². The van der Waals surface area contributed by atoms with E-state index in [1.54, 1.807) is 11.8 Å². The summed E-state index contributed by atoms with van der Waals surface area (Å²) in [7, 11) is 2.00. The Balaban J connectivity index is 1.50. The summed E-state index contributed by atoms with van der Waals surface area (Å²) in [5.41, 5.74) is 3.26. The molecule has 5 nitrogen and oxygen atoms in total. The van der Waals surface area contributed by atoms with E-state index >= 15 is 0 Å². The molecule has 0 atom stereocenters. The highest BCUT2D eigenvalue weighted by Gasteiger charge is 2.18. The van der Waals surface area contributed by atoms with Gasteiger partial charge in [-0.1, -0.05) is 53.7 Å². The number of thioether (sulfide) groups is 1. The molecule has 2 aromatic carbocycles. The van der Waals surface area contributed by atoms with Crippen molar-refractivity contribution < 1.29 is 9.47 Å². The molecular weight excluding hydrogens is 370 g/mol. The molecule has 0 radical (unpaired) electrons. The van der Waals surface area contributed by atoms with Crippen LogP contribution in [-0.4, -0.2) is 21.6 Å². The molecule has 134 valence electrons. The highest BCUT2D eigenvalue weighted by atomic mass is 35.5. The molecule has 0 amide bonds. The maximum absolute atomic E-state index is 6.24. The molecule has 2 heterocycles. The summed E-state index contributed by atoms with van der Waals surface area (Å²) in [6.07, 6.45) is 0.762. The molecule has 1 aliphatic rings. The van der Waals surface area contributed by atoms with Gasteiger partial charge in [0.15, 0.2) is 11.9 Å². The number of benzene rings is 2. The number of ether oxygens (including phenoxy) is 2. The number of nitrogens with zero attached hydrogens (tertiary/aromatic N) is 3. The lowest BCUT2D eigenvalue weighted by molar-refractivity contribution is -0.0168. The molecule has 0 saturated heterocycles. The average molecular weight is 388 g/mol. The number of aromatic nitrogens is 3. The van der Waals surface area contributed by atoms with E-state index in [1.807, 2.05) is 41.9 Å². The first-order chi connectivity index (χ1) is 12.7. The van der Waals surface area contributed by atoms with Crippen LogP contribution in [-0.2, 0) is 30.6 Å². The van der Waals surface area contributed by atoms with Crippen LogP contribution in [0.25, 0.3) is 0 Å². The largest absolute Gasteiger partial charge is 0.467 e. The molecule has 26 heavy (non-hydrogen) atoms. The van der Waals surface area contributed by atoms with Crippen molar-refractivity contribution in [3.63, 3.8) is 0 Å². The van der Waals surface area contributed by atoms with E-state index < -0.39 is 0 Å². The molecule has 0 aliphatic carbocycles. The van der Waals surface area contributed by atoms with Gasteiger partial charge in [-0.15, -0.1) is 10.2 Å². The summed E-state index contributed by atoms with van der Waals surface area (Å²) in [6, 6.07) is 14.1. The summed E-state index contributed by atoms with van der Waals surface area (Å²) in [4.78, 5) is 0. The van der Waals surface area contributed by atoms with Crippen molar-refractivity contribution >= 4 is 23.4 Å². The lowest BCUT2D eigenvalue weighted by Gasteiger charge is -2.20. The van der Waals surface area contributed by atoms with Crippen LogP contribution in [0.4, 0.5) is 0 Å². The first-order valence-electron chi connectivity index (χ1n) is 8.27. The van der Waals surface area contributed by atoms with E-state index in [9.17, 15) is 0 Å². The molecule has 0 fully saturated rings. The van der Waals surface area contributed by atoms with Crippen molar-refractivity contribution in [2.75, 3.05) is 6.79 Å². The SMILES string of the molecule is Cn1c(Cc2ccccc2)nnc1SCc1cc(Cl)cc2c1OCOC2. The number of hydrogen-bond acceptors (Lipinski definition) is 5. The molecule has 1 aliphatic heterocycles. The van der Waals surface area contributed by atoms with Crippen LogP contribution in [0.1, 0.15) is 22.5 Å². The van der Waals surface area contributed by atoms with Gasteiger partial charge in [0.25, 0.3) is 0 Å². The van der Waals surface area contributed by atoms with Crippen molar-refractivity contribution in [1.29, 1.82) is 0 Å². The van der Waals surface area contributed by atoms with Crippen LogP contribution >= 0.6 is 23.4 Å². The van der Waals surface area contributed by atoms with Gasteiger partial charge in [0, 0.05) is 35.4 Å². The van der Waals surface area contributed by atoms with Crippen molar-refractivity contribution in [2.24, 2.45) is 7.05 Å². The molecule has 7 heteroatoms. The third-order valence-electron chi connectivity index (χ3n) is 4.24. The molecule has 0 spiro atoms. The normalized spacial score (nSPS) is 13.3. The third-order valence-corrected chi connectivity index (χ3v) is 5.53. The van der Waals surface area contributed by atoms with Gasteiger partial charge < -0.3 is 14.0 Å². The Kier molecular flexibility index (Phi) is 5.15. The quantitative estimate of drug-likeness (QED) is 0.613. The maximum atomic E-state index is 6.24. The summed E-state index contributed by atoms with van der Waals surface area (Å²) in [5, 5.41) is 10.2. The first-order valence-corrected chi connectivity index (χ1v) is 9.64. The van der Waals surface area contributed by atoms with Gasteiger partial charge in [0.1, 0.15) is 11.6 Å². The van der Waals surface area contributed by atoms with Crippen LogP contribution in [0.3, 0.4) is 0 Å². The Morgan fingerprint density at radius 2 is 2.04 bits per heavy atom. The summed E-state index contributed by atoms with van der Waals surface area (Å²) in [6.45, 7) is 0.802. The molecule has 0 N–H and O–H groups in total. The molecule has 3 aromatic rings. The van der Waals surface area contributed by atoms with Crippen molar-refractivity contribution in [3.05, 3.63) is 70.0 Å². The fourth-order valence-electron chi connectivity index (χ4n) is 2.91. The number of fused-ring (bicyclic) bond motifs is 1. The minimum Gasteiger partial charge on any atom is -0.467 e. The van der Waals surface area contributed by atoms with Gasteiger partial charge in [-0.3, -0.25) is 0 Å². The van der Waals surface area contributed by atoms with Crippen LogP contribution in [0.2, 0.25) is 5.02 Å². The predicted octanol–water partition coefficient (Wildman–Crippen LogP) is 4.22. The van der Waals surface area contributed by atoms with E-state index in [1.165, 1.54) is 5.56 Å². The van der Waals surface area contributed by atoms with Crippen molar-refractivity contribution in [2.45, 2.75) is 23.9 Å². The number of halogens is 1. The van der Waals surface area contributed by atoms with E-state index in [-0.39, 0.29) is 6.79 Å². The zero-order valence-electron chi connectivity index (χ0n) is 14.3. The topological polar surface area (TPSA) is 49.2 Å². The Bertz CT molecular complexity index is 915. The molecule has 0 bridgehead atoms. The monoisotopic (exact) mass is 387 g/mol. The molecule has 1 aromatic heterocycles. The summed E-state index contributed by atoms with van der Waals surface area (Å²) < 4.78 is 13.0. The lowest BCUT2D eigenvalue weighted by atomic mass is 10.1. The standard InChI is InChI=1S/C19H18ClN3O2S/c1-23-17(7-13-5-3-2-4-6-13)21-22-19(23)26-11-15-9-16(20)8-14-10-24-12-25-18(14)15/h2-6,8-9H,7,10-12H2,1H3. The van der Waals surface area contributed by atoms with Gasteiger partial charge in [0.05, 0.1) is 6.61 Å². The van der Waals surface area contributed by atoms with Gasteiger partial charge >= 0.3 is 0 Å². The highest BCUT2D eigenvalue weighted by molar-refractivity contribution is 7.98. The van der Waals surface area contributed by atoms with E-state index in [0.717, 1.165) is 34.3 Å². The lowest BCUT2D eigenvalue weighted by Crippen LogP contribution is -2.13. The summed E-state index contributed by atoms with van der Waals surface area (Å²) in [5.74, 6) is 2.52. The highest BCUT2D eigenvalue weighted by Crippen LogP contribution is 2.35. The van der Waals surface area contributed by atoms with E-state index in [2.05, 4.69) is 22.3 Å². The fourth-order valence-corrected chi connectivity index (χ4v) is 4.07. The fraction of sp³-hybridized carbons (Fsp3) is 0.263. The minimum absolute atomic E-state index is 0.275. The third kappa shape index (κ3) is 3.72. The van der Waals surface area contributed by atoms with E-state index in [0.29, 0.717) is 17.4 Å². The van der Waals surface area contributed by atoms with Crippen molar-refractivity contribution in [3.8, 4) is 5.75 Å². The molecular formula is C19H18ClN3O2S. The minimum atomic E-state index is 0.275. The van der Waals surface area contributed by atoms with Crippen molar-refractivity contribution in [1.82, 2.24) is 14.8 Å². The van der Waals surface area contributed by atoms with E-state index in [4.69, 9.17) is 21.1 Å². The van der Waals surface area contributed by atoms with Crippen LogP contribution in [0, 0.1) is 0 Å². The van der Waals surface area contributed by atoms with Crippen LogP contribution in [0.5, 0.6) is 5.75 Å². The first kappa shape index (κ1) is 17.4. The zero-order chi connectivity index (χ0) is 17.9. The summed E-state index contributed by atoms with van der Waals surface area (Å²) >= 11 is 7.86. The second-order valence-electron chi connectivity index (χ2n) is 6.07. The zero-order valence-corrected chi connectivity index (χ0v) is 15.9. The van der Waals surface area contributed by atoms with Gasteiger partial charge in [-0.2, -0.15) is 0 Å². The molecule has 0 unspecified atom stereocenters. The average Bonchev–Trinajstić information content (AvgIpc) is 3.00. The predicted molar refractivity (Wildman–Crippen MR) is 102 cm³/mol. The van der Waals surface area contributed by atoms with Gasteiger partial charge in [0.2, 0.25) is 0 Å². The Morgan fingerprint density at radius 1 is 1.19 bits per heavy atom. The second-order valence-corrected chi connectivity index (χ2v) is 7.45. The molecule has 0 saturated carbocycles. The van der Waals surface area contributed by atoms with Gasteiger partial charge in [-0.05, 0) is 17.7 Å². The number of hydrogen-bond donors (Lipinski definition) is 0. The Labute approximate surface area is 161 Å². The Hall–Kier alpha value is -2.02. The second kappa shape index (κ2) is 7.70. The number of rotatable bonds is 5.